The number of carbonyl (C=O) groups is 2. The third-order valence-corrected chi connectivity index (χ3v) is 5.69. The number of rotatable bonds is 7. The number of nitrogen functional groups attached to an aromatic ring is 1. The minimum Gasteiger partial charge on any atom is -0.384 e. The number of amidine groups is 1. The van der Waals surface area contributed by atoms with Crippen molar-refractivity contribution in [3.05, 3.63) is 64.7 Å². The van der Waals surface area contributed by atoms with E-state index in [-0.39, 0.29) is 30.1 Å². The van der Waals surface area contributed by atoms with E-state index in [0.29, 0.717) is 43.6 Å². The van der Waals surface area contributed by atoms with E-state index in [1.807, 2.05) is 66.1 Å². The molecule has 0 unspecified atom stereocenters. The number of nitrogens with one attached hydrogen (secondary N) is 1. The van der Waals surface area contributed by atoms with Crippen LogP contribution in [0.2, 0.25) is 0 Å². The van der Waals surface area contributed by atoms with Crippen molar-refractivity contribution in [2.24, 2.45) is 5.73 Å². The van der Waals surface area contributed by atoms with Crippen LogP contribution < -0.4 is 10.6 Å². The van der Waals surface area contributed by atoms with Crippen molar-refractivity contribution >= 4 is 35.7 Å². The summed E-state index contributed by atoms with van der Waals surface area (Å²) in [5, 5.41) is 7.46. The molecule has 7 heteroatoms. The number of benzene rings is 2. The van der Waals surface area contributed by atoms with Gasteiger partial charge in [-0.2, -0.15) is 0 Å². The van der Waals surface area contributed by atoms with Gasteiger partial charge in [0.1, 0.15) is 5.84 Å². The molecule has 1 heterocycles. The molecular weight excluding hydrogens is 412 g/mol. The van der Waals surface area contributed by atoms with E-state index in [2.05, 4.69) is 0 Å². The summed E-state index contributed by atoms with van der Waals surface area (Å²) in [6, 6.07) is 13.2. The second-order valence-corrected chi connectivity index (χ2v) is 7.58. The van der Waals surface area contributed by atoms with E-state index < -0.39 is 0 Å². The van der Waals surface area contributed by atoms with Gasteiger partial charge in [-0.25, -0.2) is 0 Å². The lowest BCUT2D eigenvalue weighted by molar-refractivity contribution is -0.118. The maximum absolute atomic E-state index is 12.9. The molecular formula is C24H31ClN4O2. The maximum Gasteiger partial charge on any atom is 0.253 e. The lowest BCUT2D eigenvalue weighted by Crippen LogP contribution is -2.36. The fourth-order valence-electron chi connectivity index (χ4n) is 3.92. The van der Waals surface area contributed by atoms with Crippen LogP contribution in [-0.2, 0) is 17.6 Å². The average molecular weight is 443 g/mol. The van der Waals surface area contributed by atoms with Gasteiger partial charge in [-0.1, -0.05) is 24.3 Å². The van der Waals surface area contributed by atoms with Crippen LogP contribution in [0.1, 0.15) is 53.7 Å². The molecule has 1 aliphatic heterocycles. The molecule has 2 aromatic carbocycles. The fraction of sp³-hybridized carbons (Fsp3) is 0.375. The van der Waals surface area contributed by atoms with Crippen LogP contribution in [0.5, 0.6) is 0 Å². The number of amides is 2. The number of hydrogen-bond acceptors (Lipinski definition) is 3. The van der Waals surface area contributed by atoms with Crippen LogP contribution in [0.15, 0.2) is 42.5 Å². The summed E-state index contributed by atoms with van der Waals surface area (Å²) in [7, 11) is 0. The van der Waals surface area contributed by atoms with Crippen molar-refractivity contribution in [3.8, 4) is 0 Å². The first kappa shape index (κ1) is 24.4. The van der Waals surface area contributed by atoms with Gasteiger partial charge in [0.05, 0.1) is 0 Å². The van der Waals surface area contributed by atoms with Crippen molar-refractivity contribution in [2.45, 2.75) is 39.5 Å². The number of anilines is 1. The van der Waals surface area contributed by atoms with Crippen molar-refractivity contribution in [3.63, 3.8) is 0 Å². The molecule has 0 fully saturated rings. The van der Waals surface area contributed by atoms with Crippen LogP contribution in [0, 0.1) is 5.41 Å². The van der Waals surface area contributed by atoms with E-state index >= 15 is 0 Å². The standard InChI is InChI=1S/C24H30N4O2.ClH/c1-3-27(4-2)24(30)20-12-13-21-19(16-20)6-5-15-28(21)22(29)14-9-17-7-10-18(11-8-17)23(25)26;/h7-8,10-13,16H,3-6,9,14-15H2,1-2H3,(H3,25,26);1H. The highest BCUT2D eigenvalue weighted by molar-refractivity contribution is 5.98. The van der Waals surface area contributed by atoms with Crippen LogP contribution in [0.4, 0.5) is 5.69 Å². The number of halogens is 1. The van der Waals surface area contributed by atoms with Gasteiger partial charge in [-0.15, -0.1) is 12.4 Å². The van der Waals surface area contributed by atoms with E-state index in [1.54, 1.807) is 0 Å². The molecule has 6 nitrogen and oxygen atoms in total. The molecule has 31 heavy (non-hydrogen) atoms. The lowest BCUT2D eigenvalue weighted by Gasteiger charge is -2.30. The smallest absolute Gasteiger partial charge is 0.253 e. The molecule has 0 bridgehead atoms. The summed E-state index contributed by atoms with van der Waals surface area (Å²) in [6.45, 7) is 6.04. The molecule has 2 amide bonds. The Morgan fingerprint density at radius 2 is 1.71 bits per heavy atom. The Morgan fingerprint density at radius 3 is 2.32 bits per heavy atom. The van der Waals surface area contributed by atoms with E-state index in [0.717, 1.165) is 29.7 Å². The zero-order valence-electron chi connectivity index (χ0n) is 18.2. The molecule has 0 saturated carbocycles. The minimum absolute atomic E-state index is 0. The number of carbonyl (C=O) groups excluding carboxylic acids is 2. The number of nitrogens with two attached hydrogens (primary N) is 1. The van der Waals surface area contributed by atoms with Crippen LogP contribution >= 0.6 is 12.4 Å². The average Bonchev–Trinajstić information content (AvgIpc) is 2.77. The summed E-state index contributed by atoms with van der Waals surface area (Å²) >= 11 is 0. The first-order valence-corrected chi connectivity index (χ1v) is 10.6. The van der Waals surface area contributed by atoms with Gasteiger partial charge in [-0.05, 0) is 62.4 Å². The predicted molar refractivity (Wildman–Crippen MR) is 127 cm³/mol. The Labute approximate surface area is 190 Å². The maximum atomic E-state index is 12.9. The van der Waals surface area contributed by atoms with Gasteiger partial charge in [-0.3, -0.25) is 15.0 Å². The third-order valence-electron chi connectivity index (χ3n) is 5.69. The Hall–Kier alpha value is -2.86. The van der Waals surface area contributed by atoms with Crippen molar-refractivity contribution in [2.75, 3.05) is 24.5 Å². The quantitative estimate of drug-likeness (QED) is 0.505. The summed E-state index contributed by atoms with van der Waals surface area (Å²) in [5.41, 5.74) is 9.91. The fourth-order valence-corrected chi connectivity index (χ4v) is 3.92. The predicted octanol–water partition coefficient (Wildman–Crippen LogP) is 3.79. The molecule has 2 aromatic rings. The number of aryl methyl sites for hydroxylation is 2. The highest BCUT2D eigenvalue weighted by Gasteiger charge is 2.24. The third kappa shape index (κ3) is 5.64. The first-order chi connectivity index (χ1) is 14.4. The zero-order chi connectivity index (χ0) is 21.7. The van der Waals surface area contributed by atoms with Crippen LogP contribution in [-0.4, -0.2) is 42.2 Å². The molecule has 0 radical (unpaired) electrons. The van der Waals surface area contributed by atoms with Gasteiger partial charge < -0.3 is 15.5 Å². The Morgan fingerprint density at radius 1 is 1.06 bits per heavy atom. The van der Waals surface area contributed by atoms with Gasteiger partial charge in [0.15, 0.2) is 0 Å². The molecule has 3 rings (SSSR count). The van der Waals surface area contributed by atoms with Crippen LogP contribution in [0.3, 0.4) is 0 Å². The van der Waals surface area contributed by atoms with Crippen LogP contribution in [0.25, 0.3) is 0 Å². The molecule has 0 aromatic heterocycles. The van der Waals surface area contributed by atoms with Gasteiger partial charge >= 0.3 is 0 Å². The summed E-state index contributed by atoms with van der Waals surface area (Å²) in [5.74, 6) is 0.177. The number of hydrogen-bond donors (Lipinski definition) is 2. The van der Waals surface area contributed by atoms with E-state index in [9.17, 15) is 9.59 Å². The Kier molecular flexibility index (Phi) is 8.63. The molecule has 0 saturated heterocycles. The number of nitrogens with zero attached hydrogens (tertiary/aromatic N) is 2. The van der Waals surface area contributed by atoms with Gasteiger partial charge in [0, 0.05) is 42.9 Å². The second kappa shape index (κ2) is 11.0. The molecule has 0 spiro atoms. The summed E-state index contributed by atoms with van der Waals surface area (Å²) in [4.78, 5) is 29.2. The van der Waals surface area contributed by atoms with Gasteiger partial charge in [0.2, 0.25) is 5.91 Å². The normalized spacial score (nSPS) is 12.5. The van der Waals surface area contributed by atoms with Crippen molar-refractivity contribution in [1.82, 2.24) is 4.90 Å². The molecule has 3 N–H and O–H groups in total. The highest BCUT2D eigenvalue weighted by Crippen LogP contribution is 2.29. The van der Waals surface area contributed by atoms with Gasteiger partial charge in [0.25, 0.3) is 5.91 Å². The topological polar surface area (TPSA) is 90.5 Å². The Balaban J connectivity index is 0.00000341. The van der Waals surface area contributed by atoms with Crippen molar-refractivity contribution in [1.29, 1.82) is 5.41 Å². The van der Waals surface area contributed by atoms with E-state index in [4.69, 9.17) is 11.1 Å². The Bertz CT molecular complexity index is 939. The molecule has 1 aliphatic rings. The summed E-state index contributed by atoms with van der Waals surface area (Å²) < 4.78 is 0. The van der Waals surface area contributed by atoms with E-state index in [1.165, 1.54) is 0 Å². The molecule has 0 aliphatic carbocycles. The highest BCUT2D eigenvalue weighted by atomic mass is 35.5. The second-order valence-electron chi connectivity index (χ2n) is 7.58. The minimum atomic E-state index is 0. The lowest BCUT2D eigenvalue weighted by atomic mass is 9.98. The monoisotopic (exact) mass is 442 g/mol. The largest absolute Gasteiger partial charge is 0.384 e. The molecule has 166 valence electrons. The summed E-state index contributed by atoms with van der Waals surface area (Å²) in [6.07, 6.45) is 2.83. The SMILES string of the molecule is CCN(CC)C(=O)c1ccc2c(c1)CCCN2C(=O)CCc1ccc(C(=N)N)cc1.Cl. The van der Waals surface area contributed by atoms with Crippen molar-refractivity contribution < 1.29 is 9.59 Å². The molecule has 0 atom stereocenters. The first-order valence-electron chi connectivity index (χ1n) is 10.6. The zero-order valence-corrected chi connectivity index (χ0v) is 19.0. The number of fused-ring (bicyclic) bond motifs is 1.